The standard InChI is InChI=1S/C22H20N4O3/c23-7-19-18-6-14-5-12(1-3-17(14)26(18)21(27)29-19)13-2-4-20(25-8-13)22(11-24)15-9-28-10-16(15)22/h1-5,8,15-16,18-19H,6-7,9-10,23H2/t15?,16?,18-,19?,22?/m0/s1. The van der Waals surface area contributed by atoms with Gasteiger partial charge in [0.1, 0.15) is 11.5 Å². The topological polar surface area (TPSA) is 101 Å². The van der Waals surface area contributed by atoms with E-state index in [9.17, 15) is 10.1 Å². The van der Waals surface area contributed by atoms with Gasteiger partial charge < -0.3 is 15.2 Å². The molecule has 2 aromatic rings. The zero-order valence-corrected chi connectivity index (χ0v) is 15.7. The van der Waals surface area contributed by atoms with Crippen LogP contribution in [-0.2, 0) is 21.3 Å². The van der Waals surface area contributed by atoms with Gasteiger partial charge in [-0.25, -0.2) is 4.79 Å². The summed E-state index contributed by atoms with van der Waals surface area (Å²) in [5, 5.41) is 9.75. The van der Waals surface area contributed by atoms with Crippen molar-refractivity contribution >= 4 is 11.8 Å². The Morgan fingerprint density at radius 2 is 2.03 bits per heavy atom. The highest BCUT2D eigenvalue weighted by atomic mass is 16.6. The number of carbonyl (C=O) groups is 1. The second kappa shape index (κ2) is 5.78. The van der Waals surface area contributed by atoms with Crippen molar-refractivity contribution in [2.24, 2.45) is 17.6 Å². The molecule has 1 aliphatic carbocycles. The maximum absolute atomic E-state index is 12.2. The molecule has 2 N–H and O–H groups in total. The number of pyridine rings is 1. The number of aromatic nitrogens is 1. The lowest BCUT2D eigenvalue weighted by atomic mass is 9.96. The molecular weight excluding hydrogens is 368 g/mol. The molecule has 3 unspecified atom stereocenters. The van der Waals surface area contributed by atoms with Gasteiger partial charge in [0.2, 0.25) is 0 Å². The van der Waals surface area contributed by atoms with Crippen LogP contribution >= 0.6 is 0 Å². The number of hydrogen-bond donors (Lipinski definition) is 1. The van der Waals surface area contributed by atoms with E-state index in [2.05, 4.69) is 17.1 Å². The zero-order valence-electron chi connectivity index (χ0n) is 15.7. The van der Waals surface area contributed by atoms with E-state index in [1.807, 2.05) is 30.5 Å². The normalized spacial score (nSPS) is 33.7. The molecule has 29 heavy (non-hydrogen) atoms. The van der Waals surface area contributed by atoms with Gasteiger partial charge in [-0.1, -0.05) is 12.1 Å². The van der Waals surface area contributed by atoms with Crippen molar-refractivity contribution in [3.05, 3.63) is 47.8 Å². The summed E-state index contributed by atoms with van der Waals surface area (Å²) in [4.78, 5) is 18.6. The van der Waals surface area contributed by atoms with E-state index in [1.54, 1.807) is 4.90 Å². The number of ether oxygens (including phenoxy) is 2. The van der Waals surface area contributed by atoms with Crippen LogP contribution in [0.15, 0.2) is 36.5 Å². The molecular formula is C22H20N4O3. The SMILES string of the molecule is N#CC1(c2ccc(-c3ccc4c(c3)C[C@H]3C(CN)OC(=O)N43)cn2)C2COCC21. The highest BCUT2D eigenvalue weighted by Crippen LogP contribution is 2.62. The molecule has 4 atom stereocenters. The molecule has 146 valence electrons. The first-order valence-corrected chi connectivity index (χ1v) is 9.96. The van der Waals surface area contributed by atoms with Crippen molar-refractivity contribution in [2.75, 3.05) is 24.7 Å². The Bertz CT molecular complexity index is 1050. The van der Waals surface area contributed by atoms with Gasteiger partial charge in [0, 0.05) is 30.1 Å². The Hall–Kier alpha value is -2.95. The van der Waals surface area contributed by atoms with Crippen molar-refractivity contribution in [1.82, 2.24) is 4.98 Å². The van der Waals surface area contributed by atoms with E-state index in [0.29, 0.717) is 19.8 Å². The molecule has 0 radical (unpaired) electrons. The van der Waals surface area contributed by atoms with Crippen LogP contribution in [0.2, 0.25) is 0 Å². The van der Waals surface area contributed by atoms with Crippen LogP contribution in [0.5, 0.6) is 0 Å². The first kappa shape index (κ1) is 17.0. The molecule has 7 nitrogen and oxygen atoms in total. The first-order valence-electron chi connectivity index (χ1n) is 9.96. The quantitative estimate of drug-likeness (QED) is 0.863. The van der Waals surface area contributed by atoms with E-state index in [-0.39, 0.29) is 30.1 Å². The summed E-state index contributed by atoms with van der Waals surface area (Å²) >= 11 is 0. The minimum Gasteiger partial charge on any atom is -0.442 e. The molecule has 1 amide bonds. The highest BCUT2D eigenvalue weighted by molar-refractivity contribution is 5.94. The van der Waals surface area contributed by atoms with Crippen LogP contribution in [0.25, 0.3) is 11.1 Å². The fourth-order valence-electron chi connectivity index (χ4n) is 5.43. The number of carbonyl (C=O) groups excluding carboxylic acids is 1. The minimum atomic E-state index is -0.475. The molecule has 1 saturated carbocycles. The molecule has 0 bridgehead atoms. The van der Waals surface area contributed by atoms with Crippen molar-refractivity contribution in [2.45, 2.75) is 24.0 Å². The maximum atomic E-state index is 12.2. The van der Waals surface area contributed by atoms with Gasteiger partial charge in [0.05, 0.1) is 36.7 Å². The van der Waals surface area contributed by atoms with Gasteiger partial charge in [0.15, 0.2) is 0 Å². The van der Waals surface area contributed by atoms with Crippen LogP contribution < -0.4 is 10.6 Å². The van der Waals surface area contributed by atoms with E-state index in [1.165, 1.54) is 0 Å². The van der Waals surface area contributed by atoms with Gasteiger partial charge in [-0.3, -0.25) is 9.88 Å². The van der Waals surface area contributed by atoms with Crippen LogP contribution in [0.3, 0.4) is 0 Å². The number of amides is 1. The Labute approximate surface area is 168 Å². The van der Waals surface area contributed by atoms with Crippen molar-refractivity contribution in [3.63, 3.8) is 0 Å². The number of nitriles is 1. The van der Waals surface area contributed by atoms with Gasteiger partial charge in [-0.2, -0.15) is 5.26 Å². The third-order valence-corrected chi connectivity index (χ3v) is 7.06. The molecule has 7 heteroatoms. The number of nitrogens with zero attached hydrogens (tertiary/aromatic N) is 3. The summed E-state index contributed by atoms with van der Waals surface area (Å²) in [7, 11) is 0. The maximum Gasteiger partial charge on any atom is 0.415 e. The molecule has 4 aliphatic rings. The van der Waals surface area contributed by atoms with Crippen LogP contribution in [-0.4, -0.2) is 43.0 Å². The predicted molar refractivity (Wildman–Crippen MR) is 104 cm³/mol. The Kier molecular flexibility index (Phi) is 3.38. The molecule has 4 heterocycles. The van der Waals surface area contributed by atoms with E-state index in [4.69, 9.17) is 15.2 Å². The summed E-state index contributed by atoms with van der Waals surface area (Å²) in [5.41, 5.74) is 10.2. The first-order chi connectivity index (χ1) is 14.2. The zero-order chi connectivity index (χ0) is 19.8. The molecule has 1 aromatic carbocycles. The summed E-state index contributed by atoms with van der Waals surface area (Å²) in [6.45, 7) is 1.62. The smallest absolute Gasteiger partial charge is 0.415 e. The fraction of sp³-hybridized carbons (Fsp3) is 0.409. The summed E-state index contributed by atoms with van der Waals surface area (Å²) in [6.07, 6.45) is 2.01. The highest BCUT2D eigenvalue weighted by Gasteiger charge is 2.70. The molecule has 6 rings (SSSR count). The lowest BCUT2D eigenvalue weighted by molar-refractivity contribution is 0.135. The number of nitrogens with two attached hydrogens (primary N) is 1. The molecule has 1 aromatic heterocycles. The number of cyclic esters (lactones) is 1. The summed E-state index contributed by atoms with van der Waals surface area (Å²) in [6, 6.07) is 12.6. The fourth-order valence-corrected chi connectivity index (χ4v) is 5.43. The average Bonchev–Trinajstić information content (AvgIpc) is 3.16. The lowest BCUT2D eigenvalue weighted by Gasteiger charge is -2.15. The second-order valence-electron chi connectivity index (χ2n) is 8.31. The predicted octanol–water partition coefficient (Wildman–Crippen LogP) is 1.99. The third-order valence-electron chi connectivity index (χ3n) is 7.06. The Morgan fingerprint density at radius 3 is 2.72 bits per heavy atom. The van der Waals surface area contributed by atoms with E-state index in [0.717, 1.165) is 34.5 Å². The molecule has 2 saturated heterocycles. The van der Waals surface area contributed by atoms with Gasteiger partial charge in [-0.15, -0.1) is 0 Å². The van der Waals surface area contributed by atoms with Crippen LogP contribution in [0.1, 0.15) is 11.3 Å². The number of rotatable bonds is 3. The van der Waals surface area contributed by atoms with Crippen molar-refractivity contribution < 1.29 is 14.3 Å². The van der Waals surface area contributed by atoms with Gasteiger partial charge in [-0.05, 0) is 35.7 Å². The third kappa shape index (κ3) is 2.13. The monoisotopic (exact) mass is 388 g/mol. The number of fused-ring (bicyclic) bond motifs is 4. The van der Waals surface area contributed by atoms with Crippen LogP contribution in [0, 0.1) is 23.2 Å². The summed E-state index contributed by atoms with van der Waals surface area (Å²) in [5.74, 6) is 0.545. The average molecular weight is 388 g/mol. The lowest BCUT2D eigenvalue weighted by Crippen LogP contribution is -2.37. The molecule has 3 aliphatic heterocycles. The largest absolute Gasteiger partial charge is 0.442 e. The van der Waals surface area contributed by atoms with E-state index < -0.39 is 5.41 Å². The number of hydrogen-bond acceptors (Lipinski definition) is 6. The van der Waals surface area contributed by atoms with Gasteiger partial charge >= 0.3 is 6.09 Å². The Balaban J connectivity index is 1.30. The number of anilines is 1. The Morgan fingerprint density at radius 1 is 1.24 bits per heavy atom. The second-order valence-corrected chi connectivity index (χ2v) is 8.31. The number of benzene rings is 1. The minimum absolute atomic E-state index is 0.0229. The summed E-state index contributed by atoms with van der Waals surface area (Å²) < 4.78 is 10.8. The van der Waals surface area contributed by atoms with Crippen molar-refractivity contribution in [3.8, 4) is 17.2 Å². The van der Waals surface area contributed by atoms with Crippen LogP contribution in [0.4, 0.5) is 10.5 Å². The molecule has 3 fully saturated rings. The molecule has 0 spiro atoms. The van der Waals surface area contributed by atoms with E-state index >= 15 is 0 Å². The van der Waals surface area contributed by atoms with Crippen molar-refractivity contribution in [1.29, 1.82) is 5.26 Å². The van der Waals surface area contributed by atoms with Gasteiger partial charge in [0.25, 0.3) is 0 Å².